The first-order valence-electron chi connectivity index (χ1n) is 8.19. The highest BCUT2D eigenvalue weighted by molar-refractivity contribution is 6.31. The number of halogens is 1. The normalized spacial score (nSPS) is 10.5. The van der Waals surface area contributed by atoms with Gasteiger partial charge in [0, 0.05) is 34.7 Å². The number of aryl methyl sites for hydroxylation is 1. The summed E-state index contributed by atoms with van der Waals surface area (Å²) in [5.74, 6) is 0.842. The molecule has 1 aromatic carbocycles. The van der Waals surface area contributed by atoms with Gasteiger partial charge in [0.05, 0.1) is 32.0 Å². The second-order valence-corrected chi connectivity index (χ2v) is 6.28. The van der Waals surface area contributed by atoms with Crippen molar-refractivity contribution in [3.8, 4) is 11.4 Å². The highest BCUT2D eigenvalue weighted by atomic mass is 35.5. The fourth-order valence-corrected chi connectivity index (χ4v) is 2.84. The lowest BCUT2D eigenvalue weighted by atomic mass is 10.2. The molecule has 0 aliphatic carbocycles. The lowest BCUT2D eigenvalue weighted by Crippen LogP contribution is -2.10. The Kier molecular flexibility index (Phi) is 5.61. The number of hydrogen-bond acceptors (Lipinski definition) is 6. The molecule has 0 atom stereocenters. The molecule has 1 N–H and O–H groups in total. The second kappa shape index (κ2) is 8.09. The Morgan fingerprint density at radius 2 is 2.04 bits per heavy atom. The number of ether oxygens (including phenoxy) is 2. The van der Waals surface area contributed by atoms with Gasteiger partial charge in [0.1, 0.15) is 5.75 Å². The molecule has 2 heterocycles. The van der Waals surface area contributed by atoms with Crippen molar-refractivity contribution in [2.45, 2.75) is 13.3 Å². The van der Waals surface area contributed by atoms with Gasteiger partial charge in [-0.25, -0.2) is 4.68 Å². The number of nitrogens with zero attached hydrogens (tertiary/aromatic N) is 3. The summed E-state index contributed by atoms with van der Waals surface area (Å²) in [6.45, 7) is 1.89. The molecule has 7 nitrogen and oxygen atoms in total. The predicted octanol–water partition coefficient (Wildman–Crippen LogP) is 3.70. The lowest BCUT2D eigenvalue weighted by molar-refractivity contribution is -0.139. The van der Waals surface area contributed by atoms with E-state index in [2.05, 4.69) is 15.4 Å². The standard InChI is InChI=1S/C19H19ClN4O3/c1-12-6-15(4-5-21-12)24-16(11-19(25)27-3)10-18(23-24)22-14-7-13(20)8-17(9-14)26-2/h4-10H,11H2,1-3H3,(H,22,23). The summed E-state index contributed by atoms with van der Waals surface area (Å²) in [7, 11) is 2.93. The number of nitrogens with one attached hydrogen (secondary N) is 1. The zero-order chi connectivity index (χ0) is 19.4. The number of anilines is 2. The van der Waals surface area contributed by atoms with E-state index in [-0.39, 0.29) is 12.4 Å². The summed E-state index contributed by atoms with van der Waals surface area (Å²) < 4.78 is 11.7. The average molecular weight is 387 g/mol. The molecule has 0 amide bonds. The number of methoxy groups -OCH3 is 2. The van der Waals surface area contributed by atoms with E-state index in [9.17, 15) is 4.79 Å². The number of benzene rings is 1. The minimum Gasteiger partial charge on any atom is -0.497 e. The monoisotopic (exact) mass is 386 g/mol. The van der Waals surface area contributed by atoms with E-state index in [1.165, 1.54) is 7.11 Å². The molecular formula is C19H19ClN4O3. The number of rotatable bonds is 6. The third kappa shape index (κ3) is 4.57. The molecule has 0 aliphatic heterocycles. The Bertz CT molecular complexity index is 971. The fraction of sp³-hybridized carbons (Fsp3) is 0.211. The maximum Gasteiger partial charge on any atom is 0.311 e. The molecule has 2 aromatic heterocycles. The van der Waals surface area contributed by atoms with Crippen molar-refractivity contribution in [3.63, 3.8) is 0 Å². The van der Waals surface area contributed by atoms with Crippen LogP contribution in [-0.4, -0.2) is 35.0 Å². The third-order valence-corrected chi connectivity index (χ3v) is 4.06. The summed E-state index contributed by atoms with van der Waals surface area (Å²) in [4.78, 5) is 16.0. The van der Waals surface area contributed by atoms with Crippen molar-refractivity contribution in [3.05, 3.63) is 59.0 Å². The van der Waals surface area contributed by atoms with Crippen LogP contribution in [-0.2, 0) is 16.0 Å². The molecule has 0 spiro atoms. The van der Waals surface area contributed by atoms with Crippen molar-refractivity contribution in [1.29, 1.82) is 0 Å². The Labute approximate surface area is 161 Å². The summed E-state index contributed by atoms with van der Waals surface area (Å²) in [5, 5.41) is 8.31. The molecule has 27 heavy (non-hydrogen) atoms. The van der Waals surface area contributed by atoms with Crippen LogP contribution in [0.15, 0.2) is 42.6 Å². The molecule has 0 saturated heterocycles. The van der Waals surface area contributed by atoms with Gasteiger partial charge in [0.2, 0.25) is 0 Å². The highest BCUT2D eigenvalue weighted by Gasteiger charge is 2.14. The summed E-state index contributed by atoms with van der Waals surface area (Å²) >= 11 is 6.12. The topological polar surface area (TPSA) is 78.3 Å². The van der Waals surface area contributed by atoms with E-state index in [1.807, 2.05) is 25.1 Å². The molecule has 0 radical (unpaired) electrons. The Balaban J connectivity index is 1.98. The quantitative estimate of drug-likeness (QED) is 0.651. The van der Waals surface area contributed by atoms with Crippen LogP contribution in [0.1, 0.15) is 11.4 Å². The van der Waals surface area contributed by atoms with Crippen molar-refractivity contribution >= 4 is 29.1 Å². The van der Waals surface area contributed by atoms with E-state index < -0.39 is 0 Å². The van der Waals surface area contributed by atoms with E-state index in [0.717, 1.165) is 17.1 Å². The number of hydrogen-bond donors (Lipinski definition) is 1. The van der Waals surface area contributed by atoms with Crippen molar-refractivity contribution in [2.24, 2.45) is 0 Å². The molecule has 0 bridgehead atoms. The van der Waals surface area contributed by atoms with Crippen LogP contribution >= 0.6 is 11.6 Å². The number of carbonyl (C=O) groups excluding carboxylic acids is 1. The van der Waals surface area contributed by atoms with Gasteiger partial charge < -0.3 is 14.8 Å². The lowest BCUT2D eigenvalue weighted by Gasteiger charge is -2.07. The molecule has 140 valence electrons. The first kappa shape index (κ1) is 18.7. The molecule has 0 saturated carbocycles. The van der Waals surface area contributed by atoms with Gasteiger partial charge in [-0.1, -0.05) is 11.6 Å². The van der Waals surface area contributed by atoms with E-state index in [4.69, 9.17) is 21.1 Å². The molecular weight excluding hydrogens is 368 g/mol. The Hall–Kier alpha value is -3.06. The molecule has 0 unspecified atom stereocenters. The number of pyridine rings is 1. The summed E-state index contributed by atoms with van der Waals surface area (Å²) in [5.41, 5.74) is 3.06. The Morgan fingerprint density at radius 3 is 2.74 bits per heavy atom. The number of aromatic nitrogens is 3. The maximum atomic E-state index is 11.8. The van der Waals surface area contributed by atoms with Gasteiger partial charge in [-0.05, 0) is 31.2 Å². The van der Waals surface area contributed by atoms with Crippen LogP contribution in [0.25, 0.3) is 5.69 Å². The molecule has 0 aliphatic rings. The van der Waals surface area contributed by atoms with Gasteiger partial charge in [-0.2, -0.15) is 0 Å². The van der Waals surface area contributed by atoms with Crippen molar-refractivity contribution in [2.75, 3.05) is 19.5 Å². The Morgan fingerprint density at radius 1 is 1.22 bits per heavy atom. The van der Waals surface area contributed by atoms with Crippen LogP contribution < -0.4 is 10.1 Å². The van der Waals surface area contributed by atoms with Gasteiger partial charge in [-0.3, -0.25) is 9.78 Å². The number of carbonyl (C=O) groups is 1. The summed E-state index contributed by atoms with van der Waals surface area (Å²) in [6.07, 6.45) is 1.79. The van der Waals surface area contributed by atoms with Crippen molar-refractivity contribution < 1.29 is 14.3 Å². The highest BCUT2D eigenvalue weighted by Crippen LogP contribution is 2.27. The van der Waals surface area contributed by atoms with Crippen molar-refractivity contribution in [1.82, 2.24) is 14.8 Å². The van der Waals surface area contributed by atoms with Gasteiger partial charge in [0.15, 0.2) is 5.82 Å². The summed E-state index contributed by atoms with van der Waals surface area (Å²) in [6, 6.07) is 10.8. The first-order chi connectivity index (χ1) is 13.0. The first-order valence-corrected chi connectivity index (χ1v) is 8.56. The van der Waals surface area contributed by atoms with Crippen LogP contribution in [0.2, 0.25) is 5.02 Å². The van der Waals surface area contributed by atoms with E-state index in [0.29, 0.717) is 22.3 Å². The predicted molar refractivity (Wildman–Crippen MR) is 103 cm³/mol. The van der Waals surface area contributed by atoms with Crippen LogP contribution in [0, 0.1) is 6.92 Å². The largest absolute Gasteiger partial charge is 0.497 e. The molecule has 8 heteroatoms. The molecule has 3 rings (SSSR count). The average Bonchev–Trinajstić information content (AvgIpc) is 3.03. The van der Waals surface area contributed by atoms with E-state index >= 15 is 0 Å². The molecule has 3 aromatic rings. The minimum absolute atomic E-state index is 0.0887. The maximum absolute atomic E-state index is 11.8. The molecule has 0 fully saturated rings. The SMILES string of the molecule is COC(=O)Cc1cc(Nc2cc(Cl)cc(OC)c2)nn1-c1ccnc(C)c1. The zero-order valence-electron chi connectivity index (χ0n) is 15.2. The van der Waals surface area contributed by atoms with Crippen LogP contribution in [0.5, 0.6) is 5.75 Å². The van der Waals surface area contributed by atoms with Crippen LogP contribution in [0.4, 0.5) is 11.5 Å². The fourth-order valence-electron chi connectivity index (χ4n) is 2.61. The van der Waals surface area contributed by atoms with Gasteiger partial charge in [-0.15, -0.1) is 5.10 Å². The van der Waals surface area contributed by atoms with E-state index in [1.54, 1.807) is 36.2 Å². The zero-order valence-corrected chi connectivity index (χ0v) is 15.9. The third-order valence-electron chi connectivity index (χ3n) is 3.84. The second-order valence-electron chi connectivity index (χ2n) is 5.85. The van der Waals surface area contributed by atoms with Gasteiger partial charge in [0.25, 0.3) is 0 Å². The minimum atomic E-state index is -0.349. The number of esters is 1. The van der Waals surface area contributed by atoms with Gasteiger partial charge >= 0.3 is 5.97 Å². The smallest absolute Gasteiger partial charge is 0.311 e. The van der Waals surface area contributed by atoms with Crippen LogP contribution in [0.3, 0.4) is 0 Å².